The van der Waals surface area contributed by atoms with Crippen LogP contribution in [0.2, 0.25) is 0 Å². The third-order valence-electron chi connectivity index (χ3n) is 5.81. The van der Waals surface area contributed by atoms with Gasteiger partial charge in [-0.25, -0.2) is 4.79 Å². The summed E-state index contributed by atoms with van der Waals surface area (Å²) in [4.78, 5) is 44.6. The number of pyridine rings is 2. The first-order chi connectivity index (χ1) is 17.5. The van der Waals surface area contributed by atoms with E-state index in [2.05, 4.69) is 9.98 Å². The third kappa shape index (κ3) is 5.15. The minimum absolute atomic E-state index is 0.115. The molecule has 0 spiro atoms. The fourth-order valence-corrected chi connectivity index (χ4v) is 4.01. The molecule has 10 nitrogen and oxygen atoms in total. The Kier molecular flexibility index (Phi) is 6.70. The number of fused-ring (bicyclic) bond motifs is 1. The zero-order valence-electron chi connectivity index (χ0n) is 19.0. The van der Waals surface area contributed by atoms with Crippen molar-refractivity contribution >= 4 is 17.8 Å². The molecule has 4 N–H and O–H groups in total. The van der Waals surface area contributed by atoms with E-state index in [1.807, 2.05) is 0 Å². The number of aliphatic hydroxyl groups is 1. The molecule has 0 saturated carbocycles. The number of aliphatic hydroxyl groups excluding tert-OH is 1. The number of nitrogens with zero attached hydrogens (tertiary/aromatic N) is 3. The molecule has 4 rings (SSSR count). The molecular formula is C24H20F3N4O6+. The number of amides is 1. The van der Waals surface area contributed by atoms with E-state index < -0.39 is 52.9 Å². The van der Waals surface area contributed by atoms with Crippen molar-refractivity contribution in [1.82, 2.24) is 14.5 Å². The Hall–Kier alpha value is -4.68. The highest BCUT2D eigenvalue weighted by Crippen LogP contribution is 2.33. The van der Waals surface area contributed by atoms with Crippen LogP contribution in [0.4, 0.5) is 13.2 Å². The molecule has 0 bridgehead atoms. The highest BCUT2D eigenvalue weighted by Gasteiger charge is 2.35. The Labute approximate surface area is 206 Å². The van der Waals surface area contributed by atoms with Crippen molar-refractivity contribution in [3.8, 4) is 5.75 Å². The van der Waals surface area contributed by atoms with Crippen LogP contribution in [0.3, 0.4) is 0 Å². The zero-order valence-corrected chi connectivity index (χ0v) is 19.0. The van der Waals surface area contributed by atoms with Gasteiger partial charge in [-0.15, -0.1) is 0 Å². The molecule has 1 aliphatic rings. The van der Waals surface area contributed by atoms with Crippen LogP contribution in [0.5, 0.6) is 5.75 Å². The molecule has 0 fully saturated rings. The van der Waals surface area contributed by atoms with Crippen LogP contribution in [-0.4, -0.2) is 54.1 Å². The minimum atomic E-state index is -4.55. The Morgan fingerprint density at radius 3 is 2.38 bits per heavy atom. The molecule has 0 unspecified atom stereocenters. The van der Waals surface area contributed by atoms with E-state index in [1.165, 1.54) is 35.5 Å². The molecule has 3 heterocycles. The van der Waals surface area contributed by atoms with Crippen LogP contribution in [0.15, 0.2) is 53.6 Å². The number of hydrogen-bond acceptors (Lipinski definition) is 5. The second kappa shape index (κ2) is 9.76. The normalized spacial score (nSPS) is 13.5. The summed E-state index contributed by atoms with van der Waals surface area (Å²) in [5.41, 5.74) is -1.52. The highest BCUT2D eigenvalue weighted by atomic mass is 19.4. The summed E-state index contributed by atoms with van der Waals surface area (Å²) in [6, 6.07) is 7.19. The van der Waals surface area contributed by atoms with Crippen molar-refractivity contribution in [1.29, 1.82) is 0 Å². The molecule has 2 aromatic heterocycles. The summed E-state index contributed by atoms with van der Waals surface area (Å²) in [6.07, 6.45) is -1.72. The number of carbonyl (C=O) groups is 2. The van der Waals surface area contributed by atoms with Crippen molar-refractivity contribution in [2.45, 2.75) is 25.8 Å². The Balaban J connectivity index is 1.80. The molecular weight excluding hydrogens is 497 g/mol. The Morgan fingerprint density at radius 1 is 1.08 bits per heavy atom. The molecule has 0 radical (unpaired) electrons. The monoisotopic (exact) mass is 517 g/mol. The molecule has 0 saturated heterocycles. The molecule has 3 aromatic rings. The smallest absolute Gasteiger partial charge is 0.416 e. The van der Waals surface area contributed by atoms with Crippen LogP contribution in [0.1, 0.15) is 38.3 Å². The van der Waals surface area contributed by atoms with E-state index in [-0.39, 0.29) is 36.5 Å². The number of halogens is 3. The number of alkyl halides is 3. The third-order valence-corrected chi connectivity index (χ3v) is 5.81. The van der Waals surface area contributed by atoms with Crippen molar-refractivity contribution in [2.75, 3.05) is 6.54 Å². The first-order valence-corrected chi connectivity index (χ1v) is 10.8. The molecule has 1 aromatic carbocycles. The number of aliphatic carboxylic acids is 1. The van der Waals surface area contributed by atoms with Gasteiger partial charge < -0.3 is 24.8 Å². The maximum absolute atomic E-state index is 13.4. The fraction of sp³-hybridized carbons (Fsp3) is 0.208. The lowest BCUT2D eigenvalue weighted by Crippen LogP contribution is -2.76. The van der Waals surface area contributed by atoms with Crippen LogP contribution >= 0.6 is 0 Å². The van der Waals surface area contributed by atoms with Gasteiger partial charge in [0.25, 0.3) is 11.5 Å². The average molecular weight is 517 g/mol. The van der Waals surface area contributed by atoms with E-state index in [9.17, 15) is 37.8 Å². The largest absolute Gasteiger partial charge is 0.506 e. The summed E-state index contributed by atoms with van der Waals surface area (Å²) in [6.45, 7) is -1.27. The number of nitrogens with one attached hydrogen (secondary N) is 1. The number of aromatic hydroxyl groups is 1. The number of carboxylic acids is 1. The van der Waals surface area contributed by atoms with Crippen molar-refractivity contribution in [3.05, 3.63) is 92.7 Å². The standard InChI is InChI=1S/C24H19F3N4O6/c25-24(26,27)15-5-3-13(4-6-15)10-31-17-12-30(22(36)14-2-1-7-28-8-14)11-16(17)20(34)19(23(31)37)21(35)29-9-18(32)33/h1-8,34H,9-12H2,(H,29,35)(H,32,33)/p+1. The van der Waals surface area contributed by atoms with Gasteiger partial charge in [-0.2, -0.15) is 18.2 Å². The molecule has 0 aliphatic carbocycles. The van der Waals surface area contributed by atoms with Crippen molar-refractivity contribution in [3.63, 3.8) is 0 Å². The van der Waals surface area contributed by atoms with E-state index in [0.717, 1.165) is 16.7 Å². The molecule has 192 valence electrons. The van der Waals surface area contributed by atoms with Gasteiger partial charge in [-0.05, 0) is 29.8 Å². The summed E-state index contributed by atoms with van der Waals surface area (Å²) in [5.74, 6) is -3.33. The van der Waals surface area contributed by atoms with Gasteiger partial charge >= 0.3 is 18.0 Å². The van der Waals surface area contributed by atoms with Gasteiger partial charge in [0.05, 0.1) is 30.8 Å². The highest BCUT2D eigenvalue weighted by molar-refractivity contribution is 5.95. The number of benzene rings is 1. The predicted molar refractivity (Wildman–Crippen MR) is 121 cm³/mol. The molecule has 37 heavy (non-hydrogen) atoms. The Morgan fingerprint density at radius 2 is 1.78 bits per heavy atom. The first kappa shape index (κ1) is 25.4. The molecule has 13 heteroatoms. The summed E-state index contributed by atoms with van der Waals surface area (Å²) < 4.78 is 40.0. The first-order valence-electron chi connectivity index (χ1n) is 10.8. The van der Waals surface area contributed by atoms with Crippen molar-refractivity contribution < 1.29 is 43.1 Å². The van der Waals surface area contributed by atoms with Crippen LogP contribution in [0.25, 0.3) is 0 Å². The summed E-state index contributed by atoms with van der Waals surface area (Å²) >= 11 is 0. The number of carbonyl (C=O) groups excluding carboxylic acids is 1. The number of hydrogen-bond donors (Lipinski definition) is 4. The lowest BCUT2D eigenvalue weighted by atomic mass is 10.1. The van der Waals surface area contributed by atoms with E-state index in [0.29, 0.717) is 5.56 Å². The van der Waals surface area contributed by atoms with Gasteiger partial charge in [0.1, 0.15) is 5.75 Å². The summed E-state index contributed by atoms with van der Waals surface area (Å²) in [5, 5.41) is 30.1. The van der Waals surface area contributed by atoms with Crippen LogP contribution in [-0.2, 0) is 30.6 Å². The fourth-order valence-electron chi connectivity index (χ4n) is 4.01. The quantitative estimate of drug-likeness (QED) is 0.277. The summed E-state index contributed by atoms with van der Waals surface area (Å²) in [7, 11) is 0. The van der Waals surface area contributed by atoms with Crippen LogP contribution in [0, 0.1) is 0 Å². The van der Waals surface area contributed by atoms with Gasteiger partial charge in [0.15, 0.2) is 5.56 Å². The topological polar surface area (TPSA) is 147 Å². The van der Waals surface area contributed by atoms with E-state index >= 15 is 0 Å². The predicted octanol–water partition coefficient (Wildman–Crippen LogP) is 0.642. The number of carboxylic acid groups (broad SMARTS) is 1. The number of rotatable bonds is 6. The average Bonchev–Trinajstić information content (AvgIpc) is 3.31. The van der Waals surface area contributed by atoms with Gasteiger partial charge in [-0.1, -0.05) is 12.1 Å². The lowest BCUT2D eigenvalue weighted by Gasteiger charge is -2.16. The van der Waals surface area contributed by atoms with E-state index in [1.54, 1.807) is 6.07 Å². The van der Waals surface area contributed by atoms with E-state index in [4.69, 9.17) is 5.11 Å². The van der Waals surface area contributed by atoms with Gasteiger partial charge in [0.2, 0.25) is 6.54 Å². The molecule has 1 aliphatic heterocycles. The Bertz CT molecular complexity index is 1450. The maximum atomic E-state index is 13.4. The second-order valence-corrected chi connectivity index (χ2v) is 8.23. The van der Waals surface area contributed by atoms with Gasteiger partial charge in [0, 0.05) is 23.7 Å². The maximum Gasteiger partial charge on any atom is 0.416 e. The minimum Gasteiger partial charge on any atom is -0.506 e. The van der Waals surface area contributed by atoms with Crippen LogP contribution < -0.4 is 10.6 Å². The van der Waals surface area contributed by atoms with Gasteiger partial charge in [-0.3, -0.25) is 14.6 Å². The van der Waals surface area contributed by atoms with Crippen molar-refractivity contribution in [2.24, 2.45) is 0 Å². The molecule has 0 atom stereocenters. The SMILES string of the molecule is O=C(O)C[NH+]=C(O)c1c(O)c2c(n(Cc3ccc(C(F)(F)F)cc3)c1=O)CN(C(=O)c1cccnc1)C2. The number of aromatic nitrogens is 2. The lowest BCUT2D eigenvalue weighted by molar-refractivity contribution is -0.455. The molecule has 1 amide bonds. The second-order valence-electron chi connectivity index (χ2n) is 8.23. The zero-order chi connectivity index (χ0) is 26.9.